The Morgan fingerprint density at radius 3 is 2.27 bits per heavy atom. The fourth-order valence-corrected chi connectivity index (χ4v) is 6.78. The van der Waals surface area contributed by atoms with Crippen molar-refractivity contribution < 1.29 is 29.3 Å². The van der Waals surface area contributed by atoms with E-state index in [4.69, 9.17) is 14.6 Å². The summed E-state index contributed by atoms with van der Waals surface area (Å²) in [7, 11) is 2.15. The van der Waals surface area contributed by atoms with E-state index in [9.17, 15) is 14.7 Å². The summed E-state index contributed by atoms with van der Waals surface area (Å²) in [6, 6.07) is 39.6. The first-order chi connectivity index (χ1) is 25.2. The van der Waals surface area contributed by atoms with Crippen LogP contribution in [0, 0.1) is 0 Å². The Morgan fingerprint density at radius 2 is 1.52 bits per heavy atom. The number of carbonyl (C=O) groups excluding carboxylic acids is 1. The molecular formula is C44H48N2O6. The van der Waals surface area contributed by atoms with Gasteiger partial charge in [-0.2, -0.15) is 0 Å². The number of amides is 1. The van der Waals surface area contributed by atoms with E-state index in [1.54, 1.807) is 0 Å². The number of nitrogens with one attached hydrogen (secondary N) is 1. The largest absolute Gasteiger partial charge is 0.481 e. The van der Waals surface area contributed by atoms with Crippen LogP contribution in [0.4, 0.5) is 0 Å². The van der Waals surface area contributed by atoms with Gasteiger partial charge in [0.1, 0.15) is 0 Å². The zero-order valence-corrected chi connectivity index (χ0v) is 29.9. The summed E-state index contributed by atoms with van der Waals surface area (Å²) in [6.07, 6.45) is 1.32. The third-order valence-electron chi connectivity index (χ3n) is 10.0. The van der Waals surface area contributed by atoms with Crippen LogP contribution in [0.5, 0.6) is 0 Å². The van der Waals surface area contributed by atoms with Crippen LogP contribution in [0.15, 0.2) is 115 Å². The van der Waals surface area contributed by atoms with Gasteiger partial charge in [0.2, 0.25) is 5.91 Å². The number of nitrogens with zero attached hydrogens (tertiary/aromatic N) is 1. The molecule has 270 valence electrons. The minimum absolute atomic E-state index is 0.00229. The van der Waals surface area contributed by atoms with E-state index < -0.39 is 12.3 Å². The summed E-state index contributed by atoms with van der Waals surface area (Å²) in [6.45, 7) is 3.36. The van der Waals surface area contributed by atoms with E-state index in [1.165, 1.54) is 16.3 Å². The molecule has 0 aromatic heterocycles. The maximum atomic E-state index is 12.3. The van der Waals surface area contributed by atoms with Crippen molar-refractivity contribution in [2.75, 3.05) is 13.6 Å². The summed E-state index contributed by atoms with van der Waals surface area (Å²) >= 11 is 0. The van der Waals surface area contributed by atoms with Gasteiger partial charge >= 0.3 is 5.97 Å². The highest BCUT2D eigenvalue weighted by atomic mass is 16.7. The number of carboxylic acid groups (broad SMARTS) is 1. The van der Waals surface area contributed by atoms with E-state index in [0.717, 1.165) is 39.9 Å². The smallest absolute Gasteiger partial charge is 0.303 e. The minimum Gasteiger partial charge on any atom is -0.481 e. The second-order valence-corrected chi connectivity index (χ2v) is 13.8. The lowest BCUT2D eigenvalue weighted by molar-refractivity contribution is -0.253. The summed E-state index contributed by atoms with van der Waals surface area (Å²) < 4.78 is 13.3. The monoisotopic (exact) mass is 700 g/mol. The van der Waals surface area contributed by atoms with Crippen LogP contribution in [-0.4, -0.2) is 46.7 Å². The van der Waals surface area contributed by atoms with E-state index in [0.29, 0.717) is 32.2 Å². The normalized spacial score (nSPS) is 18.0. The van der Waals surface area contributed by atoms with Crippen LogP contribution in [0.2, 0.25) is 0 Å². The molecule has 8 heteroatoms. The van der Waals surface area contributed by atoms with Gasteiger partial charge in [-0.25, -0.2) is 0 Å². The van der Waals surface area contributed by atoms with Crippen molar-refractivity contribution in [2.24, 2.45) is 0 Å². The number of fused-ring (bicyclic) bond motifs is 1. The van der Waals surface area contributed by atoms with Gasteiger partial charge in [-0.1, -0.05) is 103 Å². The lowest BCUT2D eigenvalue weighted by atomic mass is 9.98. The number of aliphatic carboxylic acids is 1. The molecular weight excluding hydrogens is 652 g/mol. The molecule has 0 radical (unpaired) electrons. The first-order valence-corrected chi connectivity index (χ1v) is 18.1. The zero-order chi connectivity index (χ0) is 36.5. The average molecular weight is 701 g/mol. The topological polar surface area (TPSA) is 108 Å². The van der Waals surface area contributed by atoms with Gasteiger partial charge in [-0.3, -0.25) is 14.5 Å². The summed E-state index contributed by atoms with van der Waals surface area (Å²) in [4.78, 5) is 25.3. The molecule has 6 rings (SSSR count). The Labute approximate surface area is 306 Å². The number of carbonyl (C=O) groups is 2. The predicted octanol–water partition coefficient (Wildman–Crippen LogP) is 8.50. The molecule has 1 amide bonds. The predicted molar refractivity (Wildman–Crippen MR) is 203 cm³/mol. The third kappa shape index (κ3) is 9.72. The first kappa shape index (κ1) is 36.9. The number of benzene rings is 5. The maximum Gasteiger partial charge on any atom is 0.303 e. The maximum absolute atomic E-state index is 12.3. The standard InChI is InChI=1S/C44H48N2O6/c1-30(37-23-20-33-9-3-4-10-39(33)25-37)46(2)28-40-26-41(35-16-14-31(29-47)15-17-35)52-44(51-40)36-21-18-34(19-22-36)38-11-7-8-32(24-38)27-45-42(48)12-5-6-13-43(49)50/h3-4,7-11,14-25,30,40-41,44,47H,5-6,12-13,26-29H2,1-2H3,(H,45,48)(H,49,50)/t30-,40-,41+,44+/m1/s1. The van der Waals surface area contributed by atoms with Crippen molar-refractivity contribution in [1.29, 1.82) is 0 Å². The number of hydrogen-bond acceptors (Lipinski definition) is 6. The Morgan fingerprint density at radius 1 is 0.788 bits per heavy atom. The highest BCUT2D eigenvalue weighted by Gasteiger charge is 2.33. The van der Waals surface area contributed by atoms with Gasteiger partial charge in [0.25, 0.3) is 0 Å². The number of aliphatic hydroxyl groups excluding tert-OH is 1. The molecule has 0 saturated carbocycles. The summed E-state index contributed by atoms with van der Waals surface area (Å²) in [5, 5.41) is 23.8. The van der Waals surface area contributed by atoms with Crippen molar-refractivity contribution in [3.63, 3.8) is 0 Å². The molecule has 1 saturated heterocycles. The highest BCUT2D eigenvalue weighted by molar-refractivity contribution is 5.83. The molecule has 1 aliphatic rings. The van der Waals surface area contributed by atoms with E-state index >= 15 is 0 Å². The molecule has 0 bridgehead atoms. The Kier molecular flexibility index (Phi) is 12.5. The fraction of sp³-hybridized carbons (Fsp3) is 0.318. The molecule has 1 heterocycles. The van der Waals surface area contributed by atoms with E-state index in [2.05, 4.69) is 103 Å². The molecule has 0 unspecified atom stereocenters. The summed E-state index contributed by atoms with van der Waals surface area (Å²) in [5.74, 6) is -0.920. The van der Waals surface area contributed by atoms with Gasteiger partial charge in [0, 0.05) is 44.0 Å². The van der Waals surface area contributed by atoms with Crippen LogP contribution in [-0.2, 0) is 32.2 Å². The van der Waals surface area contributed by atoms with Crippen LogP contribution in [0.25, 0.3) is 21.9 Å². The average Bonchev–Trinajstić information content (AvgIpc) is 3.18. The van der Waals surface area contributed by atoms with Crippen molar-refractivity contribution in [3.05, 3.63) is 143 Å². The van der Waals surface area contributed by atoms with E-state index in [-0.39, 0.29) is 37.2 Å². The highest BCUT2D eigenvalue weighted by Crippen LogP contribution is 2.39. The lowest BCUT2D eigenvalue weighted by Gasteiger charge is -2.39. The number of hydrogen-bond donors (Lipinski definition) is 3. The van der Waals surface area contributed by atoms with Gasteiger partial charge in [0.15, 0.2) is 6.29 Å². The molecule has 0 aliphatic carbocycles. The molecule has 5 aromatic rings. The molecule has 8 nitrogen and oxygen atoms in total. The van der Waals surface area contributed by atoms with Crippen LogP contribution in [0.1, 0.15) is 85.3 Å². The van der Waals surface area contributed by atoms with E-state index in [1.807, 2.05) is 36.4 Å². The Balaban J connectivity index is 1.14. The van der Waals surface area contributed by atoms with Crippen LogP contribution < -0.4 is 5.32 Å². The number of aliphatic hydroxyl groups is 1. The summed E-state index contributed by atoms with van der Waals surface area (Å²) in [5.41, 5.74) is 7.17. The lowest BCUT2D eigenvalue weighted by Crippen LogP contribution is -2.38. The Bertz CT molecular complexity index is 1940. The van der Waals surface area contributed by atoms with Crippen molar-refractivity contribution in [1.82, 2.24) is 10.2 Å². The molecule has 5 aromatic carbocycles. The minimum atomic E-state index is -0.839. The number of carboxylic acids is 1. The molecule has 1 fully saturated rings. The third-order valence-corrected chi connectivity index (χ3v) is 10.0. The number of likely N-dealkylation sites (N-methyl/N-ethyl adjacent to an activating group) is 1. The number of ether oxygens (including phenoxy) is 2. The SMILES string of the molecule is C[C@H](c1ccc2ccccc2c1)N(C)C[C@H]1C[C@@H](c2ccc(CO)cc2)O[C@@H](c2ccc(-c3cccc(CNC(=O)CCCCC(=O)O)c3)cc2)O1. The molecule has 52 heavy (non-hydrogen) atoms. The van der Waals surface area contributed by atoms with Crippen molar-refractivity contribution in [3.8, 4) is 11.1 Å². The quantitative estimate of drug-likeness (QED) is 0.0941. The van der Waals surface area contributed by atoms with Gasteiger partial charge in [-0.15, -0.1) is 0 Å². The molecule has 0 spiro atoms. The van der Waals surface area contributed by atoms with Gasteiger partial charge < -0.3 is 25.0 Å². The fourth-order valence-electron chi connectivity index (χ4n) is 6.78. The van der Waals surface area contributed by atoms with Crippen LogP contribution in [0.3, 0.4) is 0 Å². The molecule has 4 atom stereocenters. The van der Waals surface area contributed by atoms with Crippen molar-refractivity contribution >= 4 is 22.6 Å². The second kappa shape index (κ2) is 17.6. The molecule has 3 N–H and O–H groups in total. The second-order valence-electron chi connectivity index (χ2n) is 13.8. The van der Waals surface area contributed by atoms with Gasteiger partial charge in [0.05, 0.1) is 18.8 Å². The number of unbranched alkanes of at least 4 members (excludes halogenated alkanes) is 1. The van der Waals surface area contributed by atoms with Crippen LogP contribution >= 0.6 is 0 Å². The zero-order valence-electron chi connectivity index (χ0n) is 29.9. The Hall–Kier alpha value is -4.86. The van der Waals surface area contributed by atoms with Gasteiger partial charge in [-0.05, 0) is 83.1 Å². The first-order valence-electron chi connectivity index (χ1n) is 18.1. The number of rotatable bonds is 15. The van der Waals surface area contributed by atoms with Crippen molar-refractivity contribution in [2.45, 2.75) is 76.7 Å². The molecule has 1 aliphatic heterocycles.